The number of amides is 1. The zero-order valence-electron chi connectivity index (χ0n) is 15.0. The minimum atomic E-state index is -1.06. The molecule has 2 aromatic rings. The number of benzene rings is 2. The molecule has 0 radical (unpaired) electrons. The third-order valence-corrected chi connectivity index (χ3v) is 4.86. The highest BCUT2D eigenvalue weighted by molar-refractivity contribution is 5.94. The molecule has 0 aliphatic carbocycles. The molecule has 3 rings (SSSR count). The standard InChI is InChI=1S/C21H23NO5/c23-19(24)14-27-18-8-4-7-17(13-18)21(26)22-11-9-16(10-12-22)20(25)15-5-2-1-3-6-15/h1-8,13,16,20,25H,9-12,14H2,(H,23,24). The third-order valence-electron chi connectivity index (χ3n) is 4.86. The van der Waals surface area contributed by atoms with E-state index < -0.39 is 18.7 Å². The summed E-state index contributed by atoms with van der Waals surface area (Å²) < 4.78 is 5.14. The van der Waals surface area contributed by atoms with E-state index in [-0.39, 0.29) is 11.8 Å². The molecule has 0 saturated carbocycles. The molecule has 2 N–H and O–H groups in total. The van der Waals surface area contributed by atoms with Crippen molar-refractivity contribution in [2.75, 3.05) is 19.7 Å². The van der Waals surface area contributed by atoms with E-state index >= 15 is 0 Å². The zero-order valence-corrected chi connectivity index (χ0v) is 15.0. The topological polar surface area (TPSA) is 87.1 Å². The fourth-order valence-electron chi connectivity index (χ4n) is 3.39. The van der Waals surface area contributed by atoms with Crippen LogP contribution in [0.5, 0.6) is 5.75 Å². The van der Waals surface area contributed by atoms with E-state index in [9.17, 15) is 14.7 Å². The Morgan fingerprint density at radius 3 is 2.44 bits per heavy atom. The summed E-state index contributed by atoms with van der Waals surface area (Å²) in [5.41, 5.74) is 1.38. The van der Waals surface area contributed by atoms with Gasteiger partial charge in [-0.1, -0.05) is 36.4 Å². The van der Waals surface area contributed by atoms with E-state index in [4.69, 9.17) is 9.84 Å². The summed E-state index contributed by atoms with van der Waals surface area (Å²) in [6.45, 7) is 0.710. The summed E-state index contributed by atoms with van der Waals surface area (Å²) in [5.74, 6) is -0.687. The number of nitrogens with zero attached hydrogens (tertiary/aromatic N) is 1. The number of likely N-dealkylation sites (tertiary alicyclic amines) is 1. The highest BCUT2D eigenvalue weighted by atomic mass is 16.5. The highest BCUT2D eigenvalue weighted by Gasteiger charge is 2.28. The van der Waals surface area contributed by atoms with Crippen LogP contribution >= 0.6 is 0 Å². The lowest BCUT2D eigenvalue weighted by molar-refractivity contribution is -0.139. The van der Waals surface area contributed by atoms with E-state index in [1.54, 1.807) is 29.2 Å². The maximum atomic E-state index is 12.7. The summed E-state index contributed by atoms with van der Waals surface area (Å²) in [6.07, 6.45) is 0.949. The van der Waals surface area contributed by atoms with Gasteiger partial charge >= 0.3 is 5.97 Å². The van der Waals surface area contributed by atoms with Gasteiger partial charge in [0.1, 0.15) is 5.75 Å². The normalized spacial score (nSPS) is 16.0. The molecule has 1 saturated heterocycles. The number of rotatable bonds is 6. The molecule has 142 valence electrons. The number of hydrogen-bond acceptors (Lipinski definition) is 4. The smallest absolute Gasteiger partial charge is 0.341 e. The van der Waals surface area contributed by atoms with Crippen molar-refractivity contribution < 1.29 is 24.5 Å². The van der Waals surface area contributed by atoms with Crippen LogP contribution in [0.1, 0.15) is 34.9 Å². The zero-order chi connectivity index (χ0) is 19.2. The minimum absolute atomic E-state index is 0.108. The van der Waals surface area contributed by atoms with Crippen molar-refractivity contribution >= 4 is 11.9 Å². The SMILES string of the molecule is O=C(O)COc1cccc(C(=O)N2CCC(C(O)c3ccccc3)CC2)c1. The number of carboxylic acid groups (broad SMARTS) is 1. The number of aliphatic carboxylic acids is 1. The second-order valence-electron chi connectivity index (χ2n) is 6.70. The molecule has 0 aromatic heterocycles. The van der Waals surface area contributed by atoms with Crippen LogP contribution in [-0.2, 0) is 4.79 Å². The fraction of sp³-hybridized carbons (Fsp3) is 0.333. The molecular weight excluding hydrogens is 346 g/mol. The molecule has 1 unspecified atom stereocenters. The fourth-order valence-corrected chi connectivity index (χ4v) is 3.39. The van der Waals surface area contributed by atoms with Crippen LogP contribution in [0.2, 0.25) is 0 Å². The Kier molecular flexibility index (Phi) is 6.08. The summed E-state index contributed by atoms with van der Waals surface area (Å²) in [5, 5.41) is 19.2. The van der Waals surface area contributed by atoms with Crippen LogP contribution in [0.15, 0.2) is 54.6 Å². The number of aliphatic hydroxyl groups is 1. The van der Waals surface area contributed by atoms with Gasteiger partial charge in [-0.05, 0) is 42.5 Å². The molecule has 1 aliphatic rings. The van der Waals surface area contributed by atoms with Crippen molar-refractivity contribution in [1.82, 2.24) is 4.90 Å². The van der Waals surface area contributed by atoms with Crippen molar-refractivity contribution in [3.63, 3.8) is 0 Å². The van der Waals surface area contributed by atoms with Crippen LogP contribution in [0.25, 0.3) is 0 Å². The van der Waals surface area contributed by atoms with Gasteiger partial charge in [0.2, 0.25) is 0 Å². The number of piperidine rings is 1. The number of carbonyl (C=O) groups excluding carboxylic acids is 1. The van der Waals surface area contributed by atoms with Gasteiger partial charge in [0, 0.05) is 18.7 Å². The predicted molar refractivity (Wildman–Crippen MR) is 99.6 cm³/mol. The van der Waals surface area contributed by atoms with Crippen molar-refractivity contribution in [1.29, 1.82) is 0 Å². The van der Waals surface area contributed by atoms with Crippen molar-refractivity contribution in [3.8, 4) is 5.75 Å². The number of carbonyl (C=O) groups is 2. The Morgan fingerprint density at radius 2 is 1.78 bits per heavy atom. The number of aliphatic hydroxyl groups excluding tert-OH is 1. The number of carboxylic acids is 1. The lowest BCUT2D eigenvalue weighted by atomic mass is 9.87. The lowest BCUT2D eigenvalue weighted by Crippen LogP contribution is -2.39. The Bertz CT molecular complexity index is 784. The first-order chi connectivity index (χ1) is 13.0. The molecule has 1 amide bonds. The third kappa shape index (κ3) is 4.86. The van der Waals surface area contributed by atoms with Crippen molar-refractivity contribution in [2.45, 2.75) is 18.9 Å². The maximum Gasteiger partial charge on any atom is 0.341 e. The average molecular weight is 369 g/mol. The Labute approximate surface area is 158 Å². The number of hydrogen-bond donors (Lipinski definition) is 2. The van der Waals surface area contributed by atoms with Crippen molar-refractivity contribution in [3.05, 3.63) is 65.7 Å². The first-order valence-corrected chi connectivity index (χ1v) is 9.01. The second-order valence-corrected chi connectivity index (χ2v) is 6.70. The molecular formula is C21H23NO5. The molecule has 27 heavy (non-hydrogen) atoms. The van der Waals surface area contributed by atoms with Crippen LogP contribution in [0.4, 0.5) is 0 Å². The predicted octanol–water partition coefficient (Wildman–Crippen LogP) is 2.74. The minimum Gasteiger partial charge on any atom is -0.482 e. The average Bonchev–Trinajstić information content (AvgIpc) is 2.72. The van der Waals surface area contributed by atoms with E-state index in [1.165, 1.54) is 0 Å². The first kappa shape index (κ1) is 18.9. The summed E-state index contributed by atoms with van der Waals surface area (Å²) in [6, 6.07) is 16.2. The van der Waals surface area contributed by atoms with E-state index in [2.05, 4.69) is 0 Å². The second kappa shape index (κ2) is 8.68. The Morgan fingerprint density at radius 1 is 1.07 bits per heavy atom. The Hall–Kier alpha value is -2.86. The first-order valence-electron chi connectivity index (χ1n) is 9.01. The van der Waals surface area contributed by atoms with Gasteiger partial charge in [0.25, 0.3) is 5.91 Å². The summed E-state index contributed by atoms with van der Waals surface area (Å²) in [4.78, 5) is 25.1. The highest BCUT2D eigenvalue weighted by Crippen LogP contribution is 2.31. The molecule has 6 nitrogen and oxygen atoms in total. The van der Waals surface area contributed by atoms with Gasteiger partial charge in [-0.2, -0.15) is 0 Å². The Balaban J connectivity index is 1.58. The summed E-state index contributed by atoms with van der Waals surface area (Å²) in [7, 11) is 0. The van der Waals surface area contributed by atoms with Crippen molar-refractivity contribution in [2.24, 2.45) is 5.92 Å². The van der Waals surface area contributed by atoms with Crippen LogP contribution < -0.4 is 4.74 Å². The monoisotopic (exact) mass is 369 g/mol. The molecule has 1 aliphatic heterocycles. The van der Waals surface area contributed by atoms with Gasteiger partial charge in [-0.3, -0.25) is 4.79 Å². The van der Waals surface area contributed by atoms with Crippen LogP contribution in [-0.4, -0.2) is 46.7 Å². The van der Waals surface area contributed by atoms with Crippen LogP contribution in [0, 0.1) is 5.92 Å². The number of ether oxygens (including phenoxy) is 1. The quantitative estimate of drug-likeness (QED) is 0.818. The van der Waals surface area contributed by atoms with Crippen LogP contribution in [0.3, 0.4) is 0 Å². The molecule has 6 heteroatoms. The van der Waals surface area contributed by atoms with E-state index in [0.29, 0.717) is 24.4 Å². The molecule has 0 spiro atoms. The van der Waals surface area contributed by atoms with Gasteiger partial charge in [-0.25, -0.2) is 4.79 Å². The maximum absolute atomic E-state index is 12.7. The summed E-state index contributed by atoms with van der Waals surface area (Å²) >= 11 is 0. The molecule has 2 aromatic carbocycles. The molecule has 1 atom stereocenters. The van der Waals surface area contributed by atoms with Gasteiger partial charge < -0.3 is 19.8 Å². The molecule has 0 bridgehead atoms. The molecule has 1 heterocycles. The van der Waals surface area contributed by atoms with Gasteiger partial charge in [0.05, 0.1) is 6.10 Å². The molecule has 1 fully saturated rings. The van der Waals surface area contributed by atoms with Gasteiger partial charge in [0.15, 0.2) is 6.61 Å². The van der Waals surface area contributed by atoms with Gasteiger partial charge in [-0.15, -0.1) is 0 Å². The lowest BCUT2D eigenvalue weighted by Gasteiger charge is -2.34. The van der Waals surface area contributed by atoms with E-state index in [1.807, 2.05) is 30.3 Å². The largest absolute Gasteiger partial charge is 0.482 e. The van der Waals surface area contributed by atoms with E-state index in [0.717, 1.165) is 18.4 Å².